The van der Waals surface area contributed by atoms with Crippen LogP contribution < -0.4 is 15.4 Å². The summed E-state index contributed by atoms with van der Waals surface area (Å²) in [4.78, 5) is 24.9. The summed E-state index contributed by atoms with van der Waals surface area (Å²) in [6, 6.07) is 14.2. The Morgan fingerprint density at radius 2 is 1.56 bits per heavy atom. The van der Waals surface area contributed by atoms with E-state index in [1.54, 1.807) is 30.3 Å². The van der Waals surface area contributed by atoms with Gasteiger partial charge < -0.3 is 20.5 Å². The Kier molecular flexibility index (Phi) is 7.49. The molecule has 1 saturated carbocycles. The van der Waals surface area contributed by atoms with E-state index in [0.29, 0.717) is 11.6 Å². The van der Waals surface area contributed by atoms with Gasteiger partial charge in [-0.15, -0.1) is 0 Å². The van der Waals surface area contributed by atoms with E-state index in [9.17, 15) is 41.0 Å². The molecule has 1 fully saturated rings. The molecule has 1 atom stereocenters. The summed E-state index contributed by atoms with van der Waals surface area (Å²) in [5, 5.41) is 14.5. The third-order valence-electron chi connectivity index (χ3n) is 6.36. The third kappa shape index (κ3) is 6.10. The van der Waals surface area contributed by atoms with Crippen LogP contribution in [-0.4, -0.2) is 35.2 Å². The zero-order chi connectivity index (χ0) is 28.4. The van der Waals surface area contributed by atoms with E-state index in [1.165, 1.54) is 12.1 Å². The molecule has 0 aliphatic heterocycles. The van der Waals surface area contributed by atoms with Crippen molar-refractivity contribution in [2.24, 2.45) is 0 Å². The zero-order valence-electron chi connectivity index (χ0n) is 20.1. The number of aliphatic carboxylic acids is 1. The van der Waals surface area contributed by atoms with Crippen molar-refractivity contribution >= 4 is 12.0 Å². The first-order chi connectivity index (χ1) is 18.3. The minimum atomic E-state index is -4.95. The van der Waals surface area contributed by atoms with Crippen molar-refractivity contribution < 1.29 is 45.8 Å². The van der Waals surface area contributed by atoms with E-state index in [2.05, 4.69) is 15.4 Å². The van der Waals surface area contributed by atoms with Crippen LogP contribution in [0.5, 0.6) is 5.75 Å². The molecule has 1 aliphatic carbocycles. The fourth-order valence-electron chi connectivity index (χ4n) is 4.23. The van der Waals surface area contributed by atoms with E-state index in [-0.39, 0.29) is 30.4 Å². The van der Waals surface area contributed by atoms with Gasteiger partial charge in [0.15, 0.2) is 0 Å². The van der Waals surface area contributed by atoms with Crippen molar-refractivity contribution in [3.8, 4) is 5.75 Å². The molecule has 206 valence electrons. The highest BCUT2D eigenvalue weighted by Crippen LogP contribution is 2.39. The van der Waals surface area contributed by atoms with Gasteiger partial charge in [-0.3, -0.25) is 0 Å². The lowest BCUT2D eigenvalue weighted by Crippen LogP contribution is -2.56. The summed E-state index contributed by atoms with van der Waals surface area (Å²) >= 11 is 0. The van der Waals surface area contributed by atoms with Crippen LogP contribution in [-0.2, 0) is 16.8 Å². The highest BCUT2D eigenvalue weighted by Gasteiger charge is 2.52. The summed E-state index contributed by atoms with van der Waals surface area (Å²) in [7, 11) is 0. The summed E-state index contributed by atoms with van der Waals surface area (Å²) in [5.41, 5.74) is -2.88. The van der Waals surface area contributed by atoms with Gasteiger partial charge in [-0.1, -0.05) is 42.5 Å². The number of carboxylic acid groups (broad SMARTS) is 1. The summed E-state index contributed by atoms with van der Waals surface area (Å²) in [6.07, 6.45) is -9.03. The first kappa shape index (κ1) is 27.8. The zero-order valence-corrected chi connectivity index (χ0v) is 20.1. The normalized spacial score (nSPS) is 15.8. The standard InChI is InChI=1S/C27H22F6N2O4/c28-19-8-6-17(7-9-19)26(15-16-4-2-1-3-5-16,35-24(38)34-25(10-11-25)23(36)37)18-12-20(29)14-21(13-18)39-27(32,33)22(30)31/h1-9,12-14,22H,10-11,15H2,(H,36,37)(H2,34,35,38)/t26-/m1/s1. The number of urea groups is 1. The molecule has 39 heavy (non-hydrogen) atoms. The average Bonchev–Trinajstić information content (AvgIpc) is 3.64. The van der Waals surface area contributed by atoms with Gasteiger partial charge in [-0.25, -0.2) is 18.4 Å². The highest BCUT2D eigenvalue weighted by atomic mass is 19.3. The Labute approximate surface area is 218 Å². The number of hydrogen-bond acceptors (Lipinski definition) is 3. The van der Waals surface area contributed by atoms with E-state index in [1.807, 2.05) is 0 Å². The quantitative estimate of drug-likeness (QED) is 0.286. The van der Waals surface area contributed by atoms with Gasteiger partial charge in [0.05, 0.1) is 5.54 Å². The molecule has 3 N–H and O–H groups in total. The van der Waals surface area contributed by atoms with Crippen LogP contribution in [0.15, 0.2) is 72.8 Å². The molecule has 0 radical (unpaired) electrons. The second kappa shape index (κ2) is 10.5. The second-order valence-corrected chi connectivity index (χ2v) is 9.18. The number of ether oxygens (including phenoxy) is 1. The molecule has 6 nitrogen and oxygen atoms in total. The lowest BCUT2D eigenvalue weighted by atomic mass is 9.77. The monoisotopic (exact) mass is 552 g/mol. The second-order valence-electron chi connectivity index (χ2n) is 9.18. The fourth-order valence-corrected chi connectivity index (χ4v) is 4.23. The van der Waals surface area contributed by atoms with E-state index in [0.717, 1.165) is 24.3 Å². The largest absolute Gasteiger partial charge is 0.480 e. The lowest BCUT2D eigenvalue weighted by molar-refractivity contribution is -0.253. The van der Waals surface area contributed by atoms with Gasteiger partial charge in [0.25, 0.3) is 0 Å². The Hall–Kier alpha value is -4.22. The number of carboxylic acids is 1. The van der Waals surface area contributed by atoms with Crippen molar-refractivity contribution in [2.75, 3.05) is 0 Å². The molecule has 0 bridgehead atoms. The Bertz CT molecular complexity index is 1350. The number of carbonyl (C=O) groups excluding carboxylic acids is 1. The average molecular weight is 552 g/mol. The molecule has 4 rings (SSSR count). The van der Waals surface area contributed by atoms with Crippen molar-refractivity contribution in [1.29, 1.82) is 0 Å². The van der Waals surface area contributed by atoms with Gasteiger partial charge >= 0.3 is 24.5 Å². The van der Waals surface area contributed by atoms with Crippen LogP contribution in [0.1, 0.15) is 29.5 Å². The molecular weight excluding hydrogens is 530 g/mol. The smallest absolute Gasteiger partial charge is 0.461 e. The SMILES string of the molecule is O=C(NC1(C(=O)O)CC1)N[C@](Cc1ccccc1)(c1ccc(F)cc1)c1cc(F)cc(OC(F)(F)C(F)F)c1. The topological polar surface area (TPSA) is 87.7 Å². The van der Waals surface area contributed by atoms with Crippen molar-refractivity contribution in [1.82, 2.24) is 10.6 Å². The minimum Gasteiger partial charge on any atom is -0.480 e. The van der Waals surface area contributed by atoms with Gasteiger partial charge in [-0.2, -0.15) is 17.6 Å². The number of alkyl halides is 4. The first-order valence-corrected chi connectivity index (χ1v) is 11.6. The molecular formula is C27H22F6N2O4. The van der Waals surface area contributed by atoms with Crippen LogP contribution >= 0.6 is 0 Å². The predicted molar refractivity (Wildman–Crippen MR) is 127 cm³/mol. The van der Waals surface area contributed by atoms with E-state index < -0.39 is 53.0 Å². The first-order valence-electron chi connectivity index (χ1n) is 11.6. The van der Waals surface area contributed by atoms with Crippen molar-refractivity contribution in [3.63, 3.8) is 0 Å². The number of amides is 2. The highest BCUT2D eigenvalue weighted by molar-refractivity contribution is 5.89. The molecule has 3 aromatic carbocycles. The van der Waals surface area contributed by atoms with Crippen LogP contribution in [0.4, 0.5) is 31.1 Å². The number of nitrogens with one attached hydrogen (secondary N) is 2. The number of hydrogen-bond donors (Lipinski definition) is 3. The maximum atomic E-state index is 14.8. The number of benzene rings is 3. The van der Waals surface area contributed by atoms with Crippen LogP contribution in [0.3, 0.4) is 0 Å². The van der Waals surface area contributed by atoms with Gasteiger partial charge in [0.1, 0.15) is 22.9 Å². The molecule has 3 aromatic rings. The molecule has 0 heterocycles. The van der Waals surface area contributed by atoms with Crippen LogP contribution in [0.2, 0.25) is 0 Å². The fraction of sp³-hybridized carbons (Fsp3) is 0.259. The third-order valence-corrected chi connectivity index (χ3v) is 6.36. The van der Waals surface area contributed by atoms with Crippen molar-refractivity contribution in [2.45, 2.75) is 42.9 Å². The van der Waals surface area contributed by atoms with Gasteiger partial charge in [-0.05, 0) is 53.8 Å². The minimum absolute atomic E-state index is 0.151. The summed E-state index contributed by atoms with van der Waals surface area (Å²) < 4.78 is 85.8. The molecule has 0 spiro atoms. The lowest BCUT2D eigenvalue weighted by Gasteiger charge is -2.37. The van der Waals surface area contributed by atoms with Crippen LogP contribution in [0, 0.1) is 11.6 Å². The summed E-state index contributed by atoms with van der Waals surface area (Å²) in [6.45, 7) is 0. The number of rotatable bonds is 10. The Morgan fingerprint density at radius 3 is 2.13 bits per heavy atom. The molecule has 12 heteroatoms. The van der Waals surface area contributed by atoms with E-state index >= 15 is 0 Å². The maximum absolute atomic E-state index is 14.8. The Balaban J connectivity index is 1.88. The molecule has 0 aromatic heterocycles. The predicted octanol–water partition coefficient (Wildman–Crippen LogP) is 5.60. The van der Waals surface area contributed by atoms with Gasteiger partial charge in [0, 0.05) is 12.5 Å². The molecule has 1 aliphatic rings. The molecule has 0 unspecified atom stereocenters. The van der Waals surface area contributed by atoms with Crippen LogP contribution in [0.25, 0.3) is 0 Å². The molecule has 0 saturated heterocycles. The Morgan fingerprint density at radius 1 is 0.923 bits per heavy atom. The maximum Gasteiger partial charge on any atom is 0.461 e. The summed E-state index contributed by atoms with van der Waals surface area (Å²) in [5.74, 6) is -4.04. The van der Waals surface area contributed by atoms with Gasteiger partial charge in [0.2, 0.25) is 0 Å². The number of carbonyl (C=O) groups is 2. The van der Waals surface area contributed by atoms with Crippen molar-refractivity contribution in [3.05, 3.63) is 101 Å². The molecule has 2 amide bonds. The van der Waals surface area contributed by atoms with E-state index in [4.69, 9.17) is 0 Å². The number of halogens is 6.